The van der Waals surface area contributed by atoms with Crippen molar-refractivity contribution in [3.63, 3.8) is 0 Å². The van der Waals surface area contributed by atoms with Gasteiger partial charge in [-0.15, -0.1) is 0 Å². The van der Waals surface area contributed by atoms with Crippen LogP contribution in [0.4, 0.5) is 10.1 Å². The third kappa shape index (κ3) is 7.50. The zero-order valence-electron chi connectivity index (χ0n) is 16.8. The molecule has 3 rings (SSSR count). The number of rotatable bonds is 7. The van der Waals surface area contributed by atoms with Gasteiger partial charge in [0.15, 0.2) is 11.7 Å². The van der Waals surface area contributed by atoms with Crippen LogP contribution in [0.2, 0.25) is 0 Å². The maximum atomic E-state index is 13.2. The number of halogens is 1. The summed E-state index contributed by atoms with van der Waals surface area (Å²) < 4.78 is 18.6. The van der Waals surface area contributed by atoms with Gasteiger partial charge in [0.25, 0.3) is 5.91 Å². The highest BCUT2D eigenvalue weighted by molar-refractivity contribution is 7.80. The largest absolute Gasteiger partial charge is 0.370 e. The van der Waals surface area contributed by atoms with E-state index in [0.717, 1.165) is 77.1 Å². The topological polar surface area (TPSA) is 62.5 Å². The van der Waals surface area contributed by atoms with Crippen molar-refractivity contribution < 1.29 is 23.7 Å². The monoisotopic (exact) mass is 425 g/mol. The second-order valence-electron chi connectivity index (χ2n) is 7.67. The number of morpholine rings is 1. The van der Waals surface area contributed by atoms with E-state index in [1.54, 1.807) is 17.0 Å². The summed E-state index contributed by atoms with van der Waals surface area (Å²) in [4.78, 5) is 17.2. The Morgan fingerprint density at radius 3 is 2.66 bits per heavy atom. The molecule has 160 valence electrons. The van der Waals surface area contributed by atoms with E-state index in [1.165, 1.54) is 17.0 Å². The number of thiocarbonyl (C=S) groups is 1. The van der Waals surface area contributed by atoms with Crippen LogP contribution >= 0.6 is 12.2 Å². The zero-order chi connectivity index (χ0) is 20.5. The Kier molecular flexibility index (Phi) is 8.60. The lowest BCUT2D eigenvalue weighted by atomic mass is 10.3. The second-order valence-corrected chi connectivity index (χ2v) is 8.06. The number of amides is 1. The molecule has 4 N–H and O–H groups in total. The van der Waals surface area contributed by atoms with Gasteiger partial charge in [0.1, 0.15) is 18.9 Å². The van der Waals surface area contributed by atoms with E-state index in [-0.39, 0.29) is 11.7 Å². The summed E-state index contributed by atoms with van der Waals surface area (Å²) in [5, 5.41) is 6.95. The van der Waals surface area contributed by atoms with Crippen LogP contribution in [0.15, 0.2) is 24.3 Å². The number of quaternary nitrogens is 2. The molecule has 2 saturated heterocycles. The fourth-order valence-corrected chi connectivity index (χ4v) is 4.04. The number of hydrogen-bond donors (Lipinski definition) is 4. The lowest BCUT2D eigenvalue weighted by molar-refractivity contribution is -0.908. The normalized spacial score (nSPS) is 18.4. The molecular weight excluding hydrogens is 393 g/mol. The molecule has 2 aliphatic heterocycles. The summed E-state index contributed by atoms with van der Waals surface area (Å²) in [7, 11) is 0. The van der Waals surface area contributed by atoms with E-state index >= 15 is 0 Å². The van der Waals surface area contributed by atoms with Gasteiger partial charge in [0.05, 0.1) is 45.9 Å². The van der Waals surface area contributed by atoms with Crippen LogP contribution in [-0.2, 0) is 9.53 Å². The number of benzene rings is 1. The van der Waals surface area contributed by atoms with E-state index < -0.39 is 0 Å². The predicted octanol–water partition coefficient (Wildman–Crippen LogP) is -1.86. The van der Waals surface area contributed by atoms with Crippen molar-refractivity contribution in [1.29, 1.82) is 0 Å². The Balaban J connectivity index is 1.29. The molecular formula is C20H32FN5O2S+2. The van der Waals surface area contributed by atoms with Crippen LogP contribution in [0.25, 0.3) is 0 Å². The molecule has 0 saturated carbocycles. The van der Waals surface area contributed by atoms with Crippen LogP contribution in [-0.4, -0.2) is 88.0 Å². The molecule has 9 heteroatoms. The van der Waals surface area contributed by atoms with Gasteiger partial charge < -0.3 is 30.1 Å². The number of carbonyl (C=O) groups excluding carboxylic acids is 1. The van der Waals surface area contributed by atoms with Gasteiger partial charge in [-0.3, -0.25) is 4.79 Å². The van der Waals surface area contributed by atoms with Crippen LogP contribution in [0.3, 0.4) is 0 Å². The minimum atomic E-state index is -0.351. The zero-order valence-corrected chi connectivity index (χ0v) is 17.7. The quantitative estimate of drug-likeness (QED) is 0.305. The highest BCUT2D eigenvalue weighted by Gasteiger charge is 2.23. The fourth-order valence-electron chi connectivity index (χ4n) is 3.76. The van der Waals surface area contributed by atoms with Crippen LogP contribution in [0.5, 0.6) is 0 Å². The minimum absolute atomic E-state index is 0.0923. The second kappa shape index (κ2) is 11.4. The third-order valence-corrected chi connectivity index (χ3v) is 5.86. The average molecular weight is 426 g/mol. The summed E-state index contributed by atoms with van der Waals surface area (Å²) in [6.45, 7) is 9.75. The molecule has 0 radical (unpaired) electrons. The third-order valence-electron chi connectivity index (χ3n) is 5.46. The summed E-state index contributed by atoms with van der Waals surface area (Å²) in [5.74, 6) is -0.443. The Morgan fingerprint density at radius 2 is 1.93 bits per heavy atom. The van der Waals surface area contributed by atoms with Crippen LogP contribution < -0.4 is 20.4 Å². The number of piperazine rings is 1. The lowest BCUT2D eigenvalue weighted by Crippen LogP contribution is -3.15. The number of ether oxygens (including phenoxy) is 1. The van der Waals surface area contributed by atoms with Gasteiger partial charge in [-0.1, -0.05) is 6.07 Å². The molecule has 1 aromatic carbocycles. The van der Waals surface area contributed by atoms with Crippen LogP contribution in [0, 0.1) is 5.82 Å². The molecule has 1 aromatic rings. The standard InChI is InChI=1S/C20H30FN5O2S/c21-17-3-1-4-18(15-17)23-19(27)16-25-7-9-26(10-8-25)20(29)22-5-2-6-24-11-13-28-14-12-24/h1,3-4,15H,2,5-14,16H2,(H,22,29)(H,23,27)/p+2. The molecule has 0 bridgehead atoms. The Labute approximate surface area is 177 Å². The molecule has 0 spiro atoms. The van der Waals surface area contributed by atoms with E-state index in [4.69, 9.17) is 17.0 Å². The maximum absolute atomic E-state index is 13.2. The summed E-state index contributed by atoms with van der Waals surface area (Å²) in [5.41, 5.74) is 0.498. The molecule has 1 amide bonds. The average Bonchev–Trinajstić information content (AvgIpc) is 2.72. The van der Waals surface area contributed by atoms with E-state index in [2.05, 4.69) is 15.5 Å². The van der Waals surface area contributed by atoms with Crippen molar-refractivity contribution in [3.8, 4) is 0 Å². The van der Waals surface area contributed by atoms with Crippen LogP contribution in [0.1, 0.15) is 6.42 Å². The molecule has 29 heavy (non-hydrogen) atoms. The molecule has 0 aromatic heterocycles. The van der Waals surface area contributed by atoms with Gasteiger partial charge >= 0.3 is 0 Å². The molecule has 2 heterocycles. The van der Waals surface area contributed by atoms with Crippen molar-refractivity contribution in [2.24, 2.45) is 0 Å². The van der Waals surface area contributed by atoms with Crippen molar-refractivity contribution in [2.75, 3.05) is 77.4 Å². The Bertz CT molecular complexity index is 679. The smallest absolute Gasteiger partial charge is 0.279 e. The van der Waals surface area contributed by atoms with Crippen molar-refractivity contribution in [2.45, 2.75) is 6.42 Å². The first-order valence-electron chi connectivity index (χ1n) is 10.4. The highest BCUT2D eigenvalue weighted by atomic mass is 32.1. The van der Waals surface area contributed by atoms with E-state index in [0.29, 0.717) is 12.2 Å². The molecule has 0 atom stereocenters. The maximum Gasteiger partial charge on any atom is 0.279 e. The van der Waals surface area contributed by atoms with E-state index in [9.17, 15) is 9.18 Å². The lowest BCUT2D eigenvalue weighted by Gasteiger charge is -2.33. The van der Waals surface area contributed by atoms with Gasteiger partial charge in [0, 0.05) is 18.7 Å². The first kappa shape index (κ1) is 21.9. The Morgan fingerprint density at radius 1 is 1.17 bits per heavy atom. The van der Waals surface area contributed by atoms with Gasteiger partial charge in [0.2, 0.25) is 0 Å². The highest BCUT2D eigenvalue weighted by Crippen LogP contribution is 2.08. The van der Waals surface area contributed by atoms with Crippen molar-refractivity contribution in [1.82, 2.24) is 10.2 Å². The number of hydrogen-bond acceptors (Lipinski definition) is 3. The SMILES string of the molecule is O=C(C[NH+]1CCN(C(=S)NCCC[NH+]2CCOCC2)CC1)Nc1cccc(F)c1. The molecule has 0 unspecified atom stereocenters. The molecule has 0 aliphatic carbocycles. The molecule has 2 aliphatic rings. The summed E-state index contributed by atoms with van der Waals surface area (Å²) in [6, 6.07) is 5.97. The Hall–Kier alpha value is -1.81. The number of nitrogens with zero attached hydrogens (tertiary/aromatic N) is 1. The minimum Gasteiger partial charge on any atom is -0.370 e. The molecule has 2 fully saturated rings. The number of nitrogens with one attached hydrogen (secondary N) is 4. The summed E-state index contributed by atoms with van der Waals surface area (Å²) >= 11 is 5.53. The molecule has 7 nitrogen and oxygen atoms in total. The number of anilines is 1. The number of carbonyl (C=O) groups is 1. The fraction of sp³-hybridized carbons (Fsp3) is 0.600. The van der Waals surface area contributed by atoms with E-state index in [1.807, 2.05) is 0 Å². The summed E-state index contributed by atoms with van der Waals surface area (Å²) in [6.07, 6.45) is 1.10. The first-order chi connectivity index (χ1) is 14.1. The van der Waals surface area contributed by atoms with Crippen molar-refractivity contribution >= 4 is 28.9 Å². The van der Waals surface area contributed by atoms with Crippen molar-refractivity contribution in [3.05, 3.63) is 30.1 Å². The van der Waals surface area contributed by atoms with Gasteiger partial charge in [-0.05, 0) is 30.4 Å². The van der Waals surface area contributed by atoms with Gasteiger partial charge in [-0.2, -0.15) is 0 Å². The first-order valence-corrected chi connectivity index (χ1v) is 10.8. The van der Waals surface area contributed by atoms with Gasteiger partial charge in [-0.25, -0.2) is 4.39 Å². The predicted molar refractivity (Wildman–Crippen MR) is 114 cm³/mol.